The van der Waals surface area contributed by atoms with Crippen LogP contribution in [0.4, 0.5) is 16.5 Å². The van der Waals surface area contributed by atoms with Crippen molar-refractivity contribution >= 4 is 37.9 Å². The summed E-state index contributed by atoms with van der Waals surface area (Å²) in [6.45, 7) is 4.35. The molecule has 2 aromatic rings. The van der Waals surface area contributed by atoms with Crippen LogP contribution in [0.3, 0.4) is 0 Å². The van der Waals surface area contributed by atoms with Crippen molar-refractivity contribution in [1.82, 2.24) is 9.36 Å². The smallest absolute Gasteiger partial charge is 0.311 e. The molecular formula is C15H19N5O4S2. The molecule has 0 unspecified atom stereocenters. The number of sulfone groups is 1. The van der Waals surface area contributed by atoms with Crippen LogP contribution < -0.4 is 9.80 Å². The Labute approximate surface area is 155 Å². The first-order valence-corrected chi connectivity index (χ1v) is 10.8. The second kappa shape index (κ2) is 7.16. The number of aromatic nitrogens is 2. The lowest BCUT2D eigenvalue weighted by Crippen LogP contribution is -2.46. The first-order chi connectivity index (χ1) is 12.3. The van der Waals surface area contributed by atoms with E-state index in [0.717, 1.165) is 23.6 Å². The van der Waals surface area contributed by atoms with Crippen LogP contribution in [-0.2, 0) is 16.3 Å². The van der Waals surface area contributed by atoms with E-state index < -0.39 is 14.8 Å². The second-order valence-electron chi connectivity index (χ2n) is 5.97. The van der Waals surface area contributed by atoms with Crippen molar-refractivity contribution in [3.05, 3.63) is 34.1 Å². The Balaban J connectivity index is 1.84. The van der Waals surface area contributed by atoms with Gasteiger partial charge in [-0.05, 0) is 12.1 Å². The highest BCUT2D eigenvalue weighted by molar-refractivity contribution is 7.90. The molecule has 0 spiro atoms. The molecule has 26 heavy (non-hydrogen) atoms. The van der Waals surface area contributed by atoms with Crippen LogP contribution in [0.5, 0.6) is 0 Å². The van der Waals surface area contributed by atoms with Gasteiger partial charge < -0.3 is 9.80 Å². The van der Waals surface area contributed by atoms with Gasteiger partial charge in [-0.2, -0.15) is 4.37 Å². The van der Waals surface area contributed by atoms with Crippen LogP contribution in [0, 0.1) is 10.1 Å². The fourth-order valence-corrected chi connectivity index (χ4v) is 4.56. The number of nitro benzene ring substituents is 1. The molecule has 0 saturated carbocycles. The Morgan fingerprint density at radius 1 is 1.23 bits per heavy atom. The molecule has 1 aromatic heterocycles. The summed E-state index contributed by atoms with van der Waals surface area (Å²) in [6, 6.07) is 4.42. The van der Waals surface area contributed by atoms with E-state index in [1.165, 1.54) is 17.6 Å². The predicted molar refractivity (Wildman–Crippen MR) is 99.9 cm³/mol. The van der Waals surface area contributed by atoms with Crippen LogP contribution in [0.2, 0.25) is 0 Å². The molecule has 0 atom stereocenters. The average molecular weight is 397 g/mol. The fraction of sp³-hybridized carbons (Fsp3) is 0.467. The van der Waals surface area contributed by atoms with Crippen molar-refractivity contribution in [2.45, 2.75) is 18.2 Å². The highest BCUT2D eigenvalue weighted by Crippen LogP contribution is 2.35. The third kappa shape index (κ3) is 3.63. The summed E-state index contributed by atoms with van der Waals surface area (Å²) < 4.78 is 28.1. The van der Waals surface area contributed by atoms with Gasteiger partial charge in [-0.25, -0.2) is 13.4 Å². The highest BCUT2D eigenvalue weighted by Gasteiger charge is 2.30. The molecule has 1 fully saturated rings. The van der Waals surface area contributed by atoms with E-state index in [1.807, 2.05) is 11.8 Å². The van der Waals surface area contributed by atoms with E-state index in [4.69, 9.17) is 0 Å². The minimum absolute atomic E-state index is 0.251. The molecule has 1 aliphatic rings. The molecule has 1 saturated heterocycles. The minimum atomic E-state index is -3.69. The molecule has 0 radical (unpaired) electrons. The standard InChI is InChI=1S/C15H19N5O4S2/c1-3-13-16-15(25-17-13)19-9-7-18(8-10-19)11-5-4-6-12(26(2,23)24)14(11)20(21)22/h4-6H,3,7-10H2,1-2H3. The van der Waals surface area contributed by atoms with Gasteiger partial charge in [0.25, 0.3) is 0 Å². The topological polar surface area (TPSA) is 110 Å². The van der Waals surface area contributed by atoms with Crippen molar-refractivity contribution < 1.29 is 13.3 Å². The molecule has 2 heterocycles. The molecule has 1 aromatic carbocycles. The molecule has 0 N–H and O–H groups in total. The SMILES string of the molecule is CCc1nsc(N2CCN(c3cccc(S(C)(=O)=O)c3[N+](=O)[O-])CC2)n1. The number of hydrogen-bond acceptors (Lipinski definition) is 9. The van der Waals surface area contributed by atoms with Crippen LogP contribution in [0.25, 0.3) is 0 Å². The number of rotatable bonds is 5. The van der Waals surface area contributed by atoms with Crippen LogP contribution in [0.1, 0.15) is 12.7 Å². The maximum absolute atomic E-state index is 11.9. The summed E-state index contributed by atoms with van der Waals surface area (Å²) in [7, 11) is -3.69. The summed E-state index contributed by atoms with van der Waals surface area (Å²) in [6.07, 6.45) is 1.76. The Morgan fingerprint density at radius 2 is 1.88 bits per heavy atom. The lowest BCUT2D eigenvalue weighted by Gasteiger charge is -2.35. The van der Waals surface area contributed by atoms with Gasteiger partial charge in [-0.15, -0.1) is 0 Å². The Hall–Kier alpha value is -2.27. The summed E-state index contributed by atoms with van der Waals surface area (Å²) in [5.74, 6) is 0.809. The van der Waals surface area contributed by atoms with Crippen LogP contribution in [-0.4, -0.2) is 55.1 Å². The summed E-state index contributed by atoms with van der Waals surface area (Å²) >= 11 is 1.35. The monoisotopic (exact) mass is 397 g/mol. The van der Waals surface area contributed by atoms with Crippen LogP contribution >= 0.6 is 11.5 Å². The van der Waals surface area contributed by atoms with E-state index in [-0.39, 0.29) is 10.6 Å². The van der Waals surface area contributed by atoms with Gasteiger partial charge in [0, 0.05) is 50.4 Å². The summed E-state index contributed by atoms with van der Waals surface area (Å²) in [5, 5.41) is 12.4. The largest absolute Gasteiger partial charge is 0.362 e. The minimum Gasteiger partial charge on any atom is -0.362 e. The molecule has 9 nitrogen and oxygen atoms in total. The normalized spacial score (nSPS) is 15.3. The van der Waals surface area contributed by atoms with Gasteiger partial charge in [0.2, 0.25) is 5.13 Å². The number of benzene rings is 1. The predicted octanol–water partition coefficient (Wildman–Crippen LogP) is 1.74. The van der Waals surface area contributed by atoms with Gasteiger partial charge >= 0.3 is 5.69 Å². The first-order valence-electron chi connectivity index (χ1n) is 8.11. The van der Waals surface area contributed by atoms with Gasteiger partial charge in [0.05, 0.1) is 4.92 Å². The van der Waals surface area contributed by atoms with E-state index in [1.54, 1.807) is 12.1 Å². The number of piperazine rings is 1. The van der Waals surface area contributed by atoms with Crippen molar-refractivity contribution in [1.29, 1.82) is 0 Å². The number of nitrogens with zero attached hydrogens (tertiary/aromatic N) is 5. The maximum Gasteiger partial charge on any atom is 0.311 e. The maximum atomic E-state index is 11.9. The van der Waals surface area contributed by atoms with Crippen LogP contribution in [0.15, 0.2) is 23.1 Å². The molecule has 3 rings (SSSR count). The number of aryl methyl sites for hydroxylation is 1. The second-order valence-corrected chi connectivity index (χ2v) is 8.69. The van der Waals surface area contributed by atoms with Crippen molar-refractivity contribution in [3.8, 4) is 0 Å². The zero-order valence-corrected chi connectivity index (χ0v) is 16.1. The van der Waals surface area contributed by atoms with Gasteiger partial charge in [-0.3, -0.25) is 10.1 Å². The lowest BCUT2D eigenvalue weighted by molar-refractivity contribution is -0.387. The Bertz CT molecular complexity index is 920. The molecule has 1 aliphatic heterocycles. The quantitative estimate of drug-likeness (QED) is 0.554. The zero-order chi connectivity index (χ0) is 18.9. The molecule has 140 valence electrons. The number of anilines is 2. The summed E-state index contributed by atoms with van der Waals surface area (Å²) in [4.78, 5) is 19.1. The van der Waals surface area contributed by atoms with E-state index in [2.05, 4.69) is 14.3 Å². The van der Waals surface area contributed by atoms with E-state index in [9.17, 15) is 18.5 Å². The summed E-state index contributed by atoms with van der Waals surface area (Å²) in [5.41, 5.74) is -0.0169. The fourth-order valence-electron chi connectivity index (χ4n) is 2.90. The molecule has 0 aliphatic carbocycles. The first kappa shape index (κ1) is 18.5. The van der Waals surface area contributed by atoms with Crippen molar-refractivity contribution in [2.75, 3.05) is 42.2 Å². The Kier molecular flexibility index (Phi) is 5.10. The molecule has 0 bridgehead atoms. The molecular weight excluding hydrogens is 378 g/mol. The highest BCUT2D eigenvalue weighted by atomic mass is 32.2. The number of para-hydroxylation sites is 1. The third-order valence-electron chi connectivity index (χ3n) is 4.22. The number of hydrogen-bond donors (Lipinski definition) is 0. The number of nitro groups is 1. The van der Waals surface area contributed by atoms with Gasteiger partial charge in [0.15, 0.2) is 9.84 Å². The third-order valence-corrected chi connectivity index (χ3v) is 6.17. The lowest BCUT2D eigenvalue weighted by atomic mass is 10.2. The van der Waals surface area contributed by atoms with E-state index in [0.29, 0.717) is 31.9 Å². The van der Waals surface area contributed by atoms with Crippen molar-refractivity contribution in [3.63, 3.8) is 0 Å². The van der Waals surface area contributed by atoms with Crippen molar-refractivity contribution in [2.24, 2.45) is 0 Å². The average Bonchev–Trinajstić information content (AvgIpc) is 3.09. The molecule has 0 amide bonds. The molecule has 11 heteroatoms. The van der Waals surface area contributed by atoms with E-state index >= 15 is 0 Å². The van der Waals surface area contributed by atoms with Gasteiger partial charge in [-0.1, -0.05) is 13.0 Å². The van der Waals surface area contributed by atoms with Gasteiger partial charge in [0.1, 0.15) is 16.4 Å². The zero-order valence-electron chi connectivity index (χ0n) is 14.5. The Morgan fingerprint density at radius 3 is 2.42 bits per heavy atom.